The van der Waals surface area contributed by atoms with Crippen LogP contribution in [0.4, 0.5) is 13.2 Å². The zero-order valence-corrected chi connectivity index (χ0v) is 12.5. The van der Waals surface area contributed by atoms with Crippen LogP contribution in [-0.4, -0.2) is 40.9 Å². The molecule has 128 valence electrons. The van der Waals surface area contributed by atoms with Gasteiger partial charge in [0.05, 0.1) is 5.60 Å². The van der Waals surface area contributed by atoms with Gasteiger partial charge >= 0.3 is 6.18 Å². The van der Waals surface area contributed by atoms with Crippen LogP contribution in [-0.2, 0) is 0 Å². The van der Waals surface area contributed by atoms with Gasteiger partial charge in [0.2, 0.25) is 0 Å². The maximum Gasteiger partial charge on any atom is 0.422 e. The number of alkyl halides is 3. The predicted octanol–water partition coefficient (Wildman–Crippen LogP) is 2.45. The van der Waals surface area contributed by atoms with E-state index in [1.807, 2.05) is 0 Å². The number of carbonyl (C=O) groups is 1. The van der Waals surface area contributed by atoms with Crippen molar-refractivity contribution >= 4 is 5.91 Å². The van der Waals surface area contributed by atoms with E-state index in [-0.39, 0.29) is 18.0 Å². The lowest BCUT2D eigenvalue weighted by atomic mass is 9.85. The highest BCUT2D eigenvalue weighted by molar-refractivity contribution is 5.94. The molecule has 2 N–H and O–H groups in total. The third kappa shape index (κ3) is 5.38. The van der Waals surface area contributed by atoms with E-state index in [0.717, 1.165) is 19.3 Å². The van der Waals surface area contributed by atoms with Crippen LogP contribution in [0.15, 0.2) is 18.3 Å². The van der Waals surface area contributed by atoms with Crippen molar-refractivity contribution in [3.05, 3.63) is 24.0 Å². The Labute approximate surface area is 131 Å². The highest BCUT2D eigenvalue weighted by Crippen LogP contribution is 2.27. The summed E-state index contributed by atoms with van der Waals surface area (Å²) >= 11 is 0. The maximum absolute atomic E-state index is 12.2. The molecule has 1 aliphatic rings. The van der Waals surface area contributed by atoms with Crippen molar-refractivity contribution in [2.45, 2.75) is 43.9 Å². The SMILES string of the molecule is O=C(NCC1(O)CCCCC1)c1ncccc1OCC(F)(F)F. The molecule has 1 aromatic heterocycles. The molecule has 2 rings (SSSR count). The molecule has 1 heterocycles. The normalized spacial score (nSPS) is 17.6. The largest absolute Gasteiger partial charge is 0.482 e. The van der Waals surface area contributed by atoms with Crippen molar-refractivity contribution in [1.29, 1.82) is 0 Å². The second-order valence-corrected chi connectivity index (χ2v) is 5.72. The molecule has 1 aromatic rings. The van der Waals surface area contributed by atoms with Crippen molar-refractivity contribution in [1.82, 2.24) is 10.3 Å². The summed E-state index contributed by atoms with van der Waals surface area (Å²) in [6.07, 6.45) is 0.795. The summed E-state index contributed by atoms with van der Waals surface area (Å²) in [5.74, 6) is -0.903. The number of pyridine rings is 1. The molecule has 0 radical (unpaired) electrons. The van der Waals surface area contributed by atoms with Crippen LogP contribution in [0.5, 0.6) is 5.75 Å². The van der Waals surface area contributed by atoms with Gasteiger partial charge < -0.3 is 15.2 Å². The number of aromatic nitrogens is 1. The van der Waals surface area contributed by atoms with Crippen LogP contribution in [0.3, 0.4) is 0 Å². The number of nitrogens with one attached hydrogen (secondary N) is 1. The van der Waals surface area contributed by atoms with E-state index in [9.17, 15) is 23.1 Å². The van der Waals surface area contributed by atoms with Crippen LogP contribution >= 0.6 is 0 Å². The van der Waals surface area contributed by atoms with Gasteiger partial charge in [0.15, 0.2) is 18.1 Å². The molecule has 0 aliphatic heterocycles. The summed E-state index contributed by atoms with van der Waals surface area (Å²) < 4.78 is 41.3. The van der Waals surface area contributed by atoms with Gasteiger partial charge in [-0.25, -0.2) is 4.98 Å². The summed E-state index contributed by atoms with van der Waals surface area (Å²) in [5.41, 5.74) is -1.19. The fraction of sp³-hybridized carbons (Fsp3) is 0.600. The van der Waals surface area contributed by atoms with E-state index in [0.29, 0.717) is 12.8 Å². The van der Waals surface area contributed by atoms with Crippen LogP contribution in [0.2, 0.25) is 0 Å². The van der Waals surface area contributed by atoms with E-state index < -0.39 is 24.3 Å². The number of aliphatic hydroxyl groups is 1. The molecule has 1 amide bonds. The van der Waals surface area contributed by atoms with Crippen molar-refractivity contribution in [2.24, 2.45) is 0 Å². The lowest BCUT2D eigenvalue weighted by Crippen LogP contribution is -2.44. The summed E-state index contributed by atoms with van der Waals surface area (Å²) in [6.45, 7) is -1.45. The van der Waals surface area contributed by atoms with E-state index >= 15 is 0 Å². The van der Waals surface area contributed by atoms with Gasteiger partial charge in [-0.15, -0.1) is 0 Å². The fourth-order valence-corrected chi connectivity index (χ4v) is 2.55. The van der Waals surface area contributed by atoms with E-state index in [2.05, 4.69) is 15.0 Å². The Morgan fingerprint density at radius 3 is 2.70 bits per heavy atom. The van der Waals surface area contributed by atoms with Gasteiger partial charge in [-0.1, -0.05) is 19.3 Å². The second-order valence-electron chi connectivity index (χ2n) is 5.72. The first-order valence-corrected chi connectivity index (χ1v) is 7.44. The number of carbonyl (C=O) groups excluding carboxylic acids is 1. The first kappa shape index (κ1) is 17.5. The number of nitrogens with zero attached hydrogens (tertiary/aromatic N) is 1. The first-order valence-electron chi connectivity index (χ1n) is 7.44. The Kier molecular flexibility index (Phi) is 5.46. The number of hydrogen-bond donors (Lipinski definition) is 2. The van der Waals surface area contributed by atoms with Gasteiger partial charge in [0.25, 0.3) is 5.91 Å². The number of amides is 1. The lowest BCUT2D eigenvalue weighted by molar-refractivity contribution is -0.153. The first-order chi connectivity index (χ1) is 10.8. The minimum absolute atomic E-state index is 0.0428. The smallest absolute Gasteiger partial charge is 0.422 e. The van der Waals surface area contributed by atoms with Crippen LogP contribution in [0.1, 0.15) is 42.6 Å². The minimum atomic E-state index is -4.50. The van der Waals surface area contributed by atoms with Gasteiger partial charge in [0.1, 0.15) is 0 Å². The Morgan fingerprint density at radius 2 is 2.04 bits per heavy atom. The minimum Gasteiger partial charge on any atom is -0.482 e. The highest BCUT2D eigenvalue weighted by atomic mass is 19.4. The Balaban J connectivity index is 1.98. The molecule has 0 bridgehead atoms. The Hall–Kier alpha value is -1.83. The summed E-state index contributed by atoms with van der Waals surface area (Å²) in [7, 11) is 0. The molecule has 1 saturated carbocycles. The summed E-state index contributed by atoms with van der Waals surface area (Å²) in [4.78, 5) is 15.9. The fourth-order valence-electron chi connectivity index (χ4n) is 2.55. The zero-order valence-electron chi connectivity index (χ0n) is 12.5. The van der Waals surface area contributed by atoms with Crippen molar-refractivity contribution < 1.29 is 27.8 Å². The van der Waals surface area contributed by atoms with E-state index in [4.69, 9.17) is 0 Å². The quantitative estimate of drug-likeness (QED) is 0.869. The molecule has 1 fully saturated rings. The molecule has 0 unspecified atom stereocenters. The standard InChI is InChI=1S/C15H19F3N2O3/c16-15(17,18)10-23-11-5-4-8-19-12(11)13(21)20-9-14(22)6-2-1-3-7-14/h4-5,8,22H,1-3,6-7,9-10H2,(H,20,21). The molecular weight excluding hydrogens is 313 g/mol. The number of ether oxygens (including phenoxy) is 1. The average Bonchev–Trinajstić information content (AvgIpc) is 2.51. The molecule has 23 heavy (non-hydrogen) atoms. The molecule has 8 heteroatoms. The monoisotopic (exact) mass is 332 g/mol. The van der Waals surface area contributed by atoms with E-state index in [1.54, 1.807) is 0 Å². The predicted molar refractivity (Wildman–Crippen MR) is 76.2 cm³/mol. The molecule has 5 nitrogen and oxygen atoms in total. The van der Waals surface area contributed by atoms with Crippen molar-refractivity contribution in [3.63, 3.8) is 0 Å². The van der Waals surface area contributed by atoms with Gasteiger partial charge in [0, 0.05) is 12.7 Å². The third-order valence-electron chi connectivity index (χ3n) is 3.74. The van der Waals surface area contributed by atoms with Gasteiger partial charge in [-0.2, -0.15) is 13.2 Å². The zero-order chi connectivity index (χ0) is 16.9. The maximum atomic E-state index is 12.2. The number of rotatable bonds is 5. The van der Waals surface area contributed by atoms with Crippen LogP contribution < -0.4 is 10.1 Å². The van der Waals surface area contributed by atoms with E-state index in [1.165, 1.54) is 18.3 Å². The van der Waals surface area contributed by atoms with Crippen LogP contribution in [0, 0.1) is 0 Å². The third-order valence-corrected chi connectivity index (χ3v) is 3.74. The molecule has 0 saturated heterocycles. The summed E-state index contributed by atoms with van der Waals surface area (Å²) in [5, 5.41) is 12.9. The van der Waals surface area contributed by atoms with Gasteiger partial charge in [-0.3, -0.25) is 4.79 Å². The molecule has 0 atom stereocenters. The molecule has 1 aliphatic carbocycles. The molecule has 0 aromatic carbocycles. The van der Waals surface area contributed by atoms with Crippen molar-refractivity contribution in [3.8, 4) is 5.75 Å². The van der Waals surface area contributed by atoms with Crippen LogP contribution in [0.25, 0.3) is 0 Å². The Morgan fingerprint density at radius 1 is 1.35 bits per heavy atom. The number of halogens is 3. The summed E-state index contributed by atoms with van der Waals surface area (Å²) in [6, 6.07) is 2.64. The topological polar surface area (TPSA) is 71.5 Å². The average molecular weight is 332 g/mol. The second kappa shape index (κ2) is 7.16. The molecular formula is C15H19F3N2O3. The Bertz CT molecular complexity index is 543. The molecule has 0 spiro atoms. The van der Waals surface area contributed by atoms with Gasteiger partial charge in [-0.05, 0) is 25.0 Å². The van der Waals surface area contributed by atoms with Crippen molar-refractivity contribution in [2.75, 3.05) is 13.2 Å². The number of hydrogen-bond acceptors (Lipinski definition) is 4. The highest BCUT2D eigenvalue weighted by Gasteiger charge is 2.31. The lowest BCUT2D eigenvalue weighted by Gasteiger charge is -2.32.